The molecule has 0 aromatic heterocycles. The number of benzene rings is 4. The van der Waals surface area contributed by atoms with E-state index in [0.717, 1.165) is 6.42 Å². The van der Waals surface area contributed by atoms with Crippen LogP contribution in [0.4, 0.5) is 13.2 Å². The van der Waals surface area contributed by atoms with E-state index in [-0.39, 0.29) is 18.5 Å². The van der Waals surface area contributed by atoms with Gasteiger partial charge in [0.1, 0.15) is 10.6 Å². The SMILES string of the molecule is CCCC[Si](CCCC)(CCCC)c1ccc(P(N[P+](c2ccc([Si](CCCC)(CCCC)CCCC)cc2)(c2ccc([Si](CCCC)(CCCC)CCCC)cc2)C2CCCC(C(F)(F)F)C2)c2ccc([Si](CCCC)(CCCC)CCCC)cc2)cc1. The fraction of sp³-hybridized carbons (Fsp3) is 0.696. The van der Waals surface area contributed by atoms with Crippen molar-refractivity contribution in [1.82, 2.24) is 4.86 Å². The van der Waals surface area contributed by atoms with Crippen LogP contribution in [0.25, 0.3) is 0 Å². The number of alkyl halides is 3. The molecule has 4 aromatic carbocycles. The zero-order valence-electron chi connectivity index (χ0n) is 59.7. The molecular weight excluding hydrogens is 1190 g/mol. The Morgan fingerprint density at radius 2 is 0.573 bits per heavy atom. The van der Waals surface area contributed by atoms with Gasteiger partial charge in [-0.3, -0.25) is 0 Å². The summed E-state index contributed by atoms with van der Waals surface area (Å²) in [6.07, 6.45) is 27.7. The third-order valence-corrected chi connectivity index (χ3v) is 51.7. The maximum atomic E-state index is 15.8. The molecule has 1 fully saturated rings. The average molecular weight is 1330 g/mol. The summed E-state index contributed by atoms with van der Waals surface area (Å²) in [6, 6.07) is 57.3. The lowest BCUT2D eigenvalue weighted by molar-refractivity contribution is -0.181. The average Bonchev–Trinajstić information content (AvgIpc) is 0.857. The van der Waals surface area contributed by atoms with Crippen molar-refractivity contribution >= 4 is 89.7 Å². The molecule has 0 saturated heterocycles. The molecule has 10 heteroatoms. The first-order valence-electron chi connectivity index (χ1n) is 38.1. The number of hydrogen-bond donors (Lipinski definition) is 1. The number of halogens is 3. The lowest BCUT2D eigenvalue weighted by atomic mass is 9.88. The van der Waals surface area contributed by atoms with Crippen molar-refractivity contribution in [3.05, 3.63) is 97.1 Å². The fourth-order valence-electron chi connectivity index (χ4n) is 16.4. The van der Waals surface area contributed by atoms with Gasteiger partial charge < -0.3 is 0 Å². The summed E-state index contributed by atoms with van der Waals surface area (Å²) in [5.41, 5.74) is -0.165. The molecule has 2 atom stereocenters. The first-order valence-corrected chi connectivity index (χ1v) is 51.8. The molecule has 1 nitrogen and oxygen atoms in total. The molecule has 0 amide bonds. The van der Waals surface area contributed by atoms with Crippen LogP contribution in [0.5, 0.6) is 0 Å². The van der Waals surface area contributed by atoms with Crippen molar-refractivity contribution in [3.63, 3.8) is 0 Å². The van der Waals surface area contributed by atoms with Crippen molar-refractivity contribution in [2.75, 3.05) is 0 Å². The van der Waals surface area contributed by atoms with Crippen LogP contribution in [0, 0.1) is 5.92 Å². The summed E-state index contributed by atoms with van der Waals surface area (Å²) in [5.74, 6) is -1.31. The van der Waals surface area contributed by atoms with Gasteiger partial charge in [0.05, 0.1) is 51.9 Å². The van der Waals surface area contributed by atoms with Gasteiger partial charge in [-0.15, -0.1) is 0 Å². The van der Waals surface area contributed by atoms with Crippen LogP contribution in [0.15, 0.2) is 97.1 Å². The van der Waals surface area contributed by atoms with E-state index in [1.54, 1.807) is 20.7 Å². The van der Waals surface area contributed by atoms with Gasteiger partial charge in [0.15, 0.2) is 7.41 Å². The molecule has 1 saturated carbocycles. The molecular formula is C79H135F3NP2Si4+. The Kier molecular flexibility index (Phi) is 35.7. The predicted molar refractivity (Wildman–Crippen MR) is 411 cm³/mol. The third-order valence-electron chi connectivity index (χ3n) is 22.3. The van der Waals surface area contributed by atoms with Gasteiger partial charge in [-0.25, -0.2) is 0 Å². The molecule has 1 aliphatic rings. The quantitative estimate of drug-likeness (QED) is 0.0343. The molecule has 0 spiro atoms. The fourth-order valence-corrected chi connectivity index (χ4v) is 47.2. The lowest BCUT2D eigenvalue weighted by Crippen LogP contribution is -2.50. The number of rotatable bonds is 47. The number of hydrogen-bond acceptors (Lipinski definition) is 1. The Balaban J connectivity index is 1.97. The molecule has 0 heterocycles. The summed E-state index contributed by atoms with van der Waals surface area (Å²) < 4.78 is 47.5. The van der Waals surface area contributed by atoms with E-state index in [9.17, 15) is 0 Å². The first-order chi connectivity index (χ1) is 43.1. The predicted octanol–water partition coefficient (Wildman–Crippen LogP) is 23.6. The summed E-state index contributed by atoms with van der Waals surface area (Å²) in [5, 5.41) is 11.7. The van der Waals surface area contributed by atoms with Crippen LogP contribution in [0.1, 0.15) is 263 Å². The highest BCUT2D eigenvalue weighted by Gasteiger charge is 2.57. The molecule has 2 unspecified atom stereocenters. The maximum Gasteiger partial charge on any atom is 0.391 e. The van der Waals surface area contributed by atoms with E-state index in [4.69, 9.17) is 4.86 Å². The minimum atomic E-state index is -4.24. The minimum absolute atomic E-state index is 0.165. The van der Waals surface area contributed by atoms with E-state index in [1.165, 1.54) is 248 Å². The van der Waals surface area contributed by atoms with Gasteiger partial charge >= 0.3 is 6.18 Å². The van der Waals surface area contributed by atoms with Crippen molar-refractivity contribution in [3.8, 4) is 0 Å². The smallest absolute Gasteiger partial charge is 0.171 e. The van der Waals surface area contributed by atoms with Crippen molar-refractivity contribution in [1.29, 1.82) is 0 Å². The lowest BCUT2D eigenvalue weighted by Gasteiger charge is -2.42. The second-order valence-electron chi connectivity index (χ2n) is 28.8. The molecule has 0 radical (unpaired) electrons. The van der Waals surface area contributed by atoms with Crippen LogP contribution < -0.4 is 46.8 Å². The second-order valence-corrected chi connectivity index (χ2v) is 53.0. The van der Waals surface area contributed by atoms with Gasteiger partial charge in [-0.2, -0.15) is 18.0 Å². The van der Waals surface area contributed by atoms with Crippen LogP contribution in [-0.4, -0.2) is 44.1 Å². The van der Waals surface area contributed by atoms with Crippen molar-refractivity contribution < 1.29 is 13.2 Å². The molecule has 89 heavy (non-hydrogen) atoms. The first kappa shape index (κ1) is 78.1. The monoisotopic (exact) mass is 1330 g/mol. The van der Waals surface area contributed by atoms with E-state index in [0.29, 0.717) is 6.42 Å². The normalized spacial score (nSPS) is 15.6. The molecule has 0 aliphatic heterocycles. The Hall–Kier alpha value is -1.64. The highest BCUT2D eigenvalue weighted by atomic mass is 31.2. The standard InChI is InChI=1S/C79H135F3NP2Si4/c1-13-25-56-86(57-26-14-2,58-27-15-3)75-48-40-70(41-49-75)84(71-42-50-76(51-43-71)87(59-28-16-4,60-29-17-5)61-30-18-6)83-85(74-39-37-38-69(68-74)79(80,81)82,72-44-52-77(53-45-72)88(62-31-19-7,63-32-20-8)64-33-21-9)73-46-54-78(55-47-73)89(65-34-22-10,66-35-23-11)67-36-24-12/h40-55,69,74,83H,13-39,56-68H2,1-12H3/q+1. The topological polar surface area (TPSA) is 12.0 Å². The Bertz CT molecular complexity index is 2240. The van der Waals surface area contributed by atoms with E-state index in [2.05, 4.69) is 180 Å². The van der Waals surface area contributed by atoms with Gasteiger partial charge in [-0.1, -0.05) is 403 Å². The third kappa shape index (κ3) is 21.4. The Morgan fingerprint density at radius 1 is 0.348 bits per heavy atom. The maximum absolute atomic E-state index is 15.8. The van der Waals surface area contributed by atoms with Crippen LogP contribution >= 0.6 is 15.5 Å². The summed E-state index contributed by atoms with van der Waals surface area (Å²) in [6.45, 7) is 28.5. The van der Waals surface area contributed by atoms with E-state index < -0.39 is 59.9 Å². The van der Waals surface area contributed by atoms with E-state index in [1.807, 2.05) is 0 Å². The van der Waals surface area contributed by atoms with Crippen LogP contribution in [0.3, 0.4) is 0 Å². The Labute approximate surface area is 554 Å². The Morgan fingerprint density at radius 3 is 0.787 bits per heavy atom. The zero-order valence-corrected chi connectivity index (χ0v) is 65.5. The van der Waals surface area contributed by atoms with Gasteiger partial charge in [0.25, 0.3) is 0 Å². The highest BCUT2D eigenvalue weighted by Crippen LogP contribution is 2.66. The van der Waals surface area contributed by atoms with Crippen molar-refractivity contribution in [2.24, 2.45) is 5.92 Å². The van der Waals surface area contributed by atoms with Crippen molar-refractivity contribution in [2.45, 2.75) is 347 Å². The molecule has 502 valence electrons. The highest BCUT2D eigenvalue weighted by molar-refractivity contribution is 7.96. The molecule has 1 N–H and O–H groups in total. The number of nitrogens with one attached hydrogen (secondary N) is 1. The van der Waals surface area contributed by atoms with Crippen LogP contribution in [-0.2, 0) is 0 Å². The van der Waals surface area contributed by atoms with Gasteiger partial charge in [0, 0.05) is 0 Å². The van der Waals surface area contributed by atoms with Crippen LogP contribution in [0.2, 0.25) is 72.5 Å². The molecule has 4 aromatic rings. The molecule has 0 bridgehead atoms. The summed E-state index contributed by atoms with van der Waals surface area (Å²) >= 11 is 0. The number of unbranched alkanes of at least 4 members (excludes halogenated alkanes) is 12. The summed E-state index contributed by atoms with van der Waals surface area (Å²) in [4.78, 5) is 4.87. The van der Waals surface area contributed by atoms with E-state index >= 15 is 13.2 Å². The van der Waals surface area contributed by atoms with Gasteiger partial charge in [-0.05, 0) is 60.6 Å². The largest absolute Gasteiger partial charge is 0.391 e. The zero-order chi connectivity index (χ0) is 64.7. The van der Waals surface area contributed by atoms with Gasteiger partial charge in [0.2, 0.25) is 0 Å². The molecule has 5 rings (SSSR count). The molecule has 1 aliphatic carbocycles. The second kappa shape index (κ2) is 40.7. The minimum Gasteiger partial charge on any atom is -0.171 e. The summed E-state index contributed by atoms with van der Waals surface area (Å²) in [7, 11) is -11.6.